The molecule has 0 spiro atoms. The molecule has 1 aromatic heterocycles. The standard InChI is InChI=1S/C16H15NO5/c1-9-4-6-22-14(9)15(18)17-13(16(19)20)11-2-3-12-10(8-11)5-7-21-12/h2-4,6,8,13H,5,7H2,1H3,(H,17,18)(H,19,20). The zero-order valence-electron chi connectivity index (χ0n) is 12.0. The van der Waals surface area contributed by atoms with Crippen LogP contribution in [0.3, 0.4) is 0 Å². The maximum Gasteiger partial charge on any atom is 0.330 e. The molecule has 1 amide bonds. The van der Waals surface area contributed by atoms with E-state index in [-0.39, 0.29) is 5.76 Å². The Morgan fingerprint density at radius 2 is 2.14 bits per heavy atom. The first-order chi connectivity index (χ1) is 10.6. The Balaban J connectivity index is 1.86. The molecule has 2 aromatic rings. The Morgan fingerprint density at radius 3 is 2.82 bits per heavy atom. The number of aliphatic carboxylic acids is 1. The van der Waals surface area contributed by atoms with Gasteiger partial charge in [0.25, 0.3) is 5.91 Å². The minimum absolute atomic E-state index is 0.121. The zero-order chi connectivity index (χ0) is 15.7. The van der Waals surface area contributed by atoms with Gasteiger partial charge in [0, 0.05) is 12.0 Å². The van der Waals surface area contributed by atoms with Gasteiger partial charge in [0.05, 0.1) is 12.9 Å². The van der Waals surface area contributed by atoms with Crippen LogP contribution in [0.1, 0.15) is 33.3 Å². The highest BCUT2D eigenvalue weighted by Gasteiger charge is 2.26. The van der Waals surface area contributed by atoms with Gasteiger partial charge in [-0.25, -0.2) is 4.79 Å². The number of hydrogen-bond donors (Lipinski definition) is 2. The van der Waals surface area contributed by atoms with Crippen molar-refractivity contribution in [2.24, 2.45) is 0 Å². The van der Waals surface area contributed by atoms with E-state index in [1.165, 1.54) is 6.26 Å². The number of carbonyl (C=O) groups excluding carboxylic acids is 1. The number of hydrogen-bond acceptors (Lipinski definition) is 4. The van der Waals surface area contributed by atoms with Gasteiger partial charge in [-0.15, -0.1) is 0 Å². The van der Waals surface area contributed by atoms with Crippen LogP contribution in [0.4, 0.5) is 0 Å². The van der Waals surface area contributed by atoms with Crippen molar-refractivity contribution >= 4 is 11.9 Å². The molecule has 0 saturated heterocycles. The summed E-state index contributed by atoms with van der Waals surface area (Å²) in [6.45, 7) is 2.31. The van der Waals surface area contributed by atoms with Crippen molar-refractivity contribution < 1.29 is 23.8 Å². The third-order valence-electron chi connectivity index (χ3n) is 3.64. The second kappa shape index (κ2) is 5.55. The highest BCUT2D eigenvalue weighted by molar-refractivity contribution is 5.95. The van der Waals surface area contributed by atoms with E-state index < -0.39 is 17.9 Å². The van der Waals surface area contributed by atoms with E-state index in [1.807, 2.05) is 0 Å². The molecule has 0 saturated carbocycles. The lowest BCUT2D eigenvalue weighted by Crippen LogP contribution is -2.33. The second-order valence-electron chi connectivity index (χ2n) is 5.14. The Labute approximate surface area is 126 Å². The summed E-state index contributed by atoms with van der Waals surface area (Å²) in [6.07, 6.45) is 2.13. The van der Waals surface area contributed by atoms with E-state index in [1.54, 1.807) is 31.2 Å². The summed E-state index contributed by atoms with van der Waals surface area (Å²) in [5.41, 5.74) is 2.12. The molecule has 1 aliphatic rings. The van der Waals surface area contributed by atoms with Crippen LogP contribution in [0.5, 0.6) is 5.75 Å². The minimum Gasteiger partial charge on any atom is -0.493 e. The summed E-state index contributed by atoms with van der Waals surface area (Å²) in [6, 6.07) is 5.66. The summed E-state index contributed by atoms with van der Waals surface area (Å²) >= 11 is 0. The van der Waals surface area contributed by atoms with Crippen LogP contribution in [-0.4, -0.2) is 23.6 Å². The van der Waals surface area contributed by atoms with Gasteiger partial charge in [-0.1, -0.05) is 6.07 Å². The molecule has 6 nitrogen and oxygen atoms in total. The lowest BCUT2D eigenvalue weighted by atomic mass is 10.0. The Hall–Kier alpha value is -2.76. The molecule has 1 atom stereocenters. The molecule has 0 radical (unpaired) electrons. The highest BCUT2D eigenvalue weighted by Crippen LogP contribution is 2.28. The molecular formula is C16H15NO5. The van der Waals surface area contributed by atoms with E-state index in [0.717, 1.165) is 17.7 Å². The van der Waals surface area contributed by atoms with Crippen molar-refractivity contribution in [2.75, 3.05) is 6.61 Å². The summed E-state index contributed by atoms with van der Waals surface area (Å²) in [5, 5.41) is 11.9. The van der Waals surface area contributed by atoms with Gasteiger partial charge in [-0.3, -0.25) is 4.79 Å². The SMILES string of the molecule is Cc1ccoc1C(=O)NC(C(=O)O)c1ccc2c(c1)CCO2. The molecule has 22 heavy (non-hydrogen) atoms. The summed E-state index contributed by atoms with van der Waals surface area (Å²) in [7, 11) is 0. The van der Waals surface area contributed by atoms with Crippen molar-refractivity contribution in [2.45, 2.75) is 19.4 Å². The maximum absolute atomic E-state index is 12.2. The number of amides is 1. The van der Waals surface area contributed by atoms with Crippen LogP contribution in [0.15, 0.2) is 34.9 Å². The summed E-state index contributed by atoms with van der Waals surface area (Å²) in [4.78, 5) is 23.7. The molecule has 1 aliphatic heterocycles. The monoisotopic (exact) mass is 301 g/mol. The molecule has 2 N–H and O–H groups in total. The Kier molecular flexibility index (Phi) is 3.58. The Morgan fingerprint density at radius 1 is 1.32 bits per heavy atom. The largest absolute Gasteiger partial charge is 0.493 e. The molecule has 114 valence electrons. The first kappa shape index (κ1) is 14.2. The number of nitrogens with one attached hydrogen (secondary N) is 1. The van der Waals surface area contributed by atoms with Crippen LogP contribution in [0, 0.1) is 6.92 Å². The number of ether oxygens (including phenoxy) is 1. The van der Waals surface area contributed by atoms with E-state index in [0.29, 0.717) is 17.7 Å². The van der Waals surface area contributed by atoms with Crippen LogP contribution in [0.2, 0.25) is 0 Å². The van der Waals surface area contributed by atoms with Crippen molar-refractivity contribution in [3.63, 3.8) is 0 Å². The Bertz CT molecular complexity index is 734. The fourth-order valence-corrected chi connectivity index (χ4v) is 2.48. The lowest BCUT2D eigenvalue weighted by Gasteiger charge is -2.15. The van der Waals surface area contributed by atoms with Crippen molar-refractivity contribution in [3.05, 3.63) is 53.0 Å². The number of carboxylic acid groups (broad SMARTS) is 1. The van der Waals surface area contributed by atoms with Gasteiger partial charge in [-0.2, -0.15) is 0 Å². The molecule has 6 heteroatoms. The molecule has 0 aliphatic carbocycles. The number of furan rings is 1. The zero-order valence-corrected chi connectivity index (χ0v) is 12.0. The number of fused-ring (bicyclic) bond motifs is 1. The quantitative estimate of drug-likeness (QED) is 0.902. The molecule has 2 heterocycles. The van der Waals surface area contributed by atoms with Crippen molar-refractivity contribution in [1.29, 1.82) is 0 Å². The maximum atomic E-state index is 12.2. The van der Waals surface area contributed by atoms with Gasteiger partial charge in [0.15, 0.2) is 11.8 Å². The average molecular weight is 301 g/mol. The van der Waals surface area contributed by atoms with E-state index in [9.17, 15) is 14.7 Å². The predicted molar refractivity (Wildman–Crippen MR) is 76.9 cm³/mol. The van der Waals surface area contributed by atoms with Gasteiger partial charge < -0.3 is 19.6 Å². The van der Waals surface area contributed by atoms with Gasteiger partial charge in [0.1, 0.15) is 5.75 Å². The average Bonchev–Trinajstić information content (AvgIpc) is 3.11. The van der Waals surface area contributed by atoms with Crippen LogP contribution in [0.25, 0.3) is 0 Å². The fraction of sp³-hybridized carbons (Fsp3) is 0.250. The molecule has 0 bridgehead atoms. The molecule has 0 fully saturated rings. The van der Waals surface area contributed by atoms with Crippen LogP contribution in [-0.2, 0) is 11.2 Å². The number of benzene rings is 1. The summed E-state index contributed by atoms with van der Waals surface area (Å²) in [5.74, 6) is -0.792. The predicted octanol–water partition coefficient (Wildman–Crippen LogP) is 2.08. The van der Waals surface area contributed by atoms with Crippen LogP contribution < -0.4 is 10.1 Å². The number of aryl methyl sites for hydroxylation is 1. The normalized spacial score (nSPS) is 14.0. The smallest absolute Gasteiger partial charge is 0.330 e. The van der Waals surface area contributed by atoms with Crippen LogP contribution >= 0.6 is 0 Å². The van der Waals surface area contributed by atoms with Gasteiger partial charge in [-0.05, 0) is 36.2 Å². The van der Waals surface area contributed by atoms with Gasteiger partial charge in [0.2, 0.25) is 0 Å². The minimum atomic E-state index is -1.14. The fourth-order valence-electron chi connectivity index (χ4n) is 2.48. The third-order valence-corrected chi connectivity index (χ3v) is 3.64. The first-order valence-corrected chi connectivity index (χ1v) is 6.89. The number of rotatable bonds is 4. The highest BCUT2D eigenvalue weighted by atomic mass is 16.5. The molecule has 3 rings (SSSR count). The van der Waals surface area contributed by atoms with E-state index >= 15 is 0 Å². The molecular weight excluding hydrogens is 286 g/mol. The van der Waals surface area contributed by atoms with Crippen molar-refractivity contribution in [1.82, 2.24) is 5.32 Å². The first-order valence-electron chi connectivity index (χ1n) is 6.89. The third kappa shape index (κ3) is 2.55. The molecule has 1 unspecified atom stereocenters. The van der Waals surface area contributed by atoms with E-state index in [2.05, 4.69) is 5.32 Å². The molecule has 1 aromatic carbocycles. The number of carbonyl (C=O) groups is 2. The lowest BCUT2D eigenvalue weighted by molar-refractivity contribution is -0.139. The van der Waals surface area contributed by atoms with E-state index in [4.69, 9.17) is 9.15 Å². The van der Waals surface area contributed by atoms with Gasteiger partial charge >= 0.3 is 5.97 Å². The summed E-state index contributed by atoms with van der Waals surface area (Å²) < 4.78 is 10.5. The second-order valence-corrected chi connectivity index (χ2v) is 5.14. The topological polar surface area (TPSA) is 88.8 Å². The number of carboxylic acids is 1. The van der Waals surface area contributed by atoms with Crippen molar-refractivity contribution in [3.8, 4) is 5.75 Å².